The number of rotatable bonds is 33. The summed E-state index contributed by atoms with van der Waals surface area (Å²) in [5.41, 5.74) is 5.19. The van der Waals surface area contributed by atoms with Crippen molar-refractivity contribution in [3.05, 3.63) is 129 Å². The normalized spacial score (nSPS) is 17.3. The summed E-state index contributed by atoms with van der Waals surface area (Å²) in [5.74, 6) is -0.762. The van der Waals surface area contributed by atoms with Gasteiger partial charge in [0.2, 0.25) is 23.6 Å². The summed E-state index contributed by atoms with van der Waals surface area (Å²) in [6.07, 6.45) is 3.33. The zero-order chi connectivity index (χ0) is 63.6. The Bertz CT molecular complexity index is 3420. The monoisotopic (exact) mass is 1290 g/mol. The van der Waals surface area contributed by atoms with Crippen LogP contribution in [0.2, 0.25) is 10.0 Å². The second kappa shape index (κ2) is 32.6. The molecule has 0 spiro atoms. The predicted molar refractivity (Wildman–Crippen MR) is 342 cm³/mol. The maximum absolute atomic E-state index is 14.1. The lowest BCUT2D eigenvalue weighted by Gasteiger charge is -2.36. The third-order valence-corrected chi connectivity index (χ3v) is 17.9. The Hall–Kier alpha value is -6.62. The number of aliphatic hydroxyl groups is 1. The van der Waals surface area contributed by atoms with E-state index in [0.29, 0.717) is 132 Å². The molecule has 2 saturated heterocycles. The SMILES string of the molecule is Cc1ncsc1-c1ccc(CNC(=O)[C@@H]2C[C@@H](O)CN2C(=O)[C@@H](NC(=O)C2(C#N)CC2)C(C)(C)C)c(OCCOCCOCCOCCOCCn2cc(CCCC(=O)N3CCN(CC(OCc4ccc5ccccc5c4)c4ccc(Cl)cc4Cl)CC3)nn2)c1. The third kappa shape index (κ3) is 19.0. The van der Waals surface area contributed by atoms with Gasteiger partial charge in [0.15, 0.2) is 0 Å². The minimum Gasteiger partial charge on any atom is -0.491 e. The van der Waals surface area contributed by atoms with Crippen LogP contribution < -0.4 is 15.4 Å². The Labute approximate surface area is 540 Å². The number of carbonyl (C=O) groups excluding carboxylic acids is 4. The van der Waals surface area contributed by atoms with Gasteiger partial charge in [-0.2, -0.15) is 5.26 Å². The Balaban J connectivity index is 0.607. The summed E-state index contributed by atoms with van der Waals surface area (Å²) in [6, 6.07) is 26.0. The van der Waals surface area contributed by atoms with Gasteiger partial charge in [-0.25, -0.2) is 9.67 Å². The molecule has 1 unspecified atom stereocenters. The molecule has 4 aromatic carbocycles. The lowest BCUT2D eigenvalue weighted by atomic mass is 9.85. The fraction of sp³-hybridized carbons (Fsp3) is 0.515. The van der Waals surface area contributed by atoms with E-state index in [4.69, 9.17) is 51.6 Å². The summed E-state index contributed by atoms with van der Waals surface area (Å²) >= 11 is 14.5. The number of ether oxygens (including phenoxy) is 6. The zero-order valence-electron chi connectivity index (χ0n) is 51.7. The smallest absolute Gasteiger partial charge is 0.246 e. The highest BCUT2D eigenvalue weighted by molar-refractivity contribution is 7.13. The average molecular weight is 1290 g/mol. The number of amides is 4. The summed E-state index contributed by atoms with van der Waals surface area (Å²) in [4.78, 5) is 65.3. The van der Waals surface area contributed by atoms with Gasteiger partial charge in [0.05, 0.1) is 106 Å². The van der Waals surface area contributed by atoms with Crippen molar-refractivity contribution in [2.45, 2.75) is 110 Å². The number of thiazole rings is 1. The van der Waals surface area contributed by atoms with E-state index in [1.807, 2.05) is 60.5 Å². The first kappa shape index (κ1) is 67.8. The first-order chi connectivity index (χ1) is 43.5. The van der Waals surface area contributed by atoms with Crippen LogP contribution in [0.4, 0.5) is 0 Å². The highest BCUT2D eigenvalue weighted by atomic mass is 35.5. The summed E-state index contributed by atoms with van der Waals surface area (Å²) < 4.78 is 37.5. The van der Waals surface area contributed by atoms with Gasteiger partial charge in [0.1, 0.15) is 29.9 Å². The van der Waals surface area contributed by atoms with Crippen LogP contribution in [0, 0.1) is 29.1 Å². The van der Waals surface area contributed by atoms with Crippen LogP contribution in [0.3, 0.4) is 0 Å². The van der Waals surface area contributed by atoms with Crippen molar-refractivity contribution in [1.82, 2.24) is 45.3 Å². The Morgan fingerprint density at radius 2 is 1.58 bits per heavy atom. The van der Waals surface area contributed by atoms with E-state index < -0.39 is 46.7 Å². The minimum atomic E-state index is -1.13. The highest BCUT2D eigenvalue weighted by Crippen LogP contribution is 2.45. The van der Waals surface area contributed by atoms with Gasteiger partial charge >= 0.3 is 0 Å². The number of benzene rings is 4. The van der Waals surface area contributed by atoms with Gasteiger partial charge in [0.25, 0.3) is 0 Å². The maximum Gasteiger partial charge on any atom is 0.246 e. The number of nitrogens with zero attached hydrogens (tertiary/aromatic N) is 8. The number of nitrogens with one attached hydrogen (secondary N) is 2. The van der Waals surface area contributed by atoms with Gasteiger partial charge in [0, 0.05) is 86.0 Å². The number of carbonyl (C=O) groups is 4. The molecule has 0 bridgehead atoms. The van der Waals surface area contributed by atoms with Gasteiger partial charge < -0.3 is 54.0 Å². The number of hydrogen-bond donors (Lipinski definition) is 3. The van der Waals surface area contributed by atoms with E-state index in [-0.39, 0.29) is 44.7 Å². The second-order valence-corrected chi connectivity index (χ2v) is 25.8. The molecule has 0 radical (unpaired) electrons. The molecule has 3 fully saturated rings. The Kier molecular flexibility index (Phi) is 24.5. The molecular weight excluding hydrogens is 1210 g/mol. The van der Waals surface area contributed by atoms with E-state index >= 15 is 0 Å². The van der Waals surface area contributed by atoms with Gasteiger partial charge in [-0.3, -0.25) is 24.1 Å². The summed E-state index contributed by atoms with van der Waals surface area (Å²) in [6.45, 7) is 14.9. The summed E-state index contributed by atoms with van der Waals surface area (Å²) in [5, 5.41) is 38.1. The van der Waals surface area contributed by atoms with E-state index in [9.17, 15) is 29.5 Å². The van der Waals surface area contributed by atoms with E-state index in [2.05, 4.69) is 67.2 Å². The second-order valence-electron chi connectivity index (χ2n) is 24.1. The average Bonchev–Trinajstić information content (AvgIpc) is 1.62. The van der Waals surface area contributed by atoms with Gasteiger partial charge in [-0.1, -0.05) is 104 Å². The van der Waals surface area contributed by atoms with E-state index in [1.54, 1.807) is 37.0 Å². The number of piperazine rings is 1. The van der Waals surface area contributed by atoms with Crippen molar-refractivity contribution in [3.8, 4) is 22.3 Å². The molecule has 9 rings (SSSR count). The minimum absolute atomic E-state index is 0.0330. The predicted octanol–water partition coefficient (Wildman–Crippen LogP) is 8.15. The number of nitriles is 1. The molecule has 1 aliphatic carbocycles. The molecule has 4 atom stereocenters. The van der Waals surface area contributed by atoms with Crippen LogP contribution >= 0.6 is 34.5 Å². The van der Waals surface area contributed by atoms with Crippen molar-refractivity contribution in [1.29, 1.82) is 5.26 Å². The first-order valence-corrected chi connectivity index (χ1v) is 32.5. The Morgan fingerprint density at radius 1 is 0.867 bits per heavy atom. The van der Waals surface area contributed by atoms with Crippen molar-refractivity contribution in [2.24, 2.45) is 10.8 Å². The molecule has 3 N–H and O–H groups in total. The van der Waals surface area contributed by atoms with Gasteiger partial charge in [-0.15, -0.1) is 16.4 Å². The molecule has 90 heavy (non-hydrogen) atoms. The van der Waals surface area contributed by atoms with Crippen molar-refractivity contribution < 1.29 is 52.7 Å². The fourth-order valence-electron chi connectivity index (χ4n) is 11.0. The number of aliphatic hydroxyl groups excluding tert-OH is 1. The standard InChI is InChI=1S/C66H82Cl2N10O11S/c1-45-60(90-44-71-45)49-14-15-50(38-70-62(81)56-37-53(79)40-78(56)63(82)61(65(2,3)4)72-64(83)66(43-69)18-19-66)57(35-49)88-33-32-87-31-30-86-29-28-85-27-26-84-25-24-77-39-52(73-74-77)10-7-11-59(80)76-22-20-75(21-23-76)41-58(54-17-16-51(67)36-55(54)68)89-42-46-12-13-47-8-5-6-9-48(47)34-46/h5-6,8-9,12-17,34-36,39,44,53,56,58,61,79H,7,10-11,18-33,37-38,40-42H2,1-4H3,(H,70,81)(H,72,83)/t53-,56+,58?,61-/m1/s1. The highest BCUT2D eigenvalue weighted by Gasteiger charge is 2.53. The van der Waals surface area contributed by atoms with E-state index in [0.717, 1.165) is 46.0 Å². The van der Waals surface area contributed by atoms with Crippen molar-refractivity contribution in [3.63, 3.8) is 0 Å². The molecule has 24 heteroatoms. The van der Waals surface area contributed by atoms with Crippen LogP contribution in [0.15, 0.2) is 90.6 Å². The number of halogens is 2. The lowest BCUT2D eigenvalue weighted by Crippen LogP contribution is -2.58. The number of likely N-dealkylation sites (tertiary alicyclic amines) is 1. The number of aryl methyl sites for hydroxylation is 2. The van der Waals surface area contributed by atoms with Crippen molar-refractivity contribution in [2.75, 3.05) is 98.7 Å². The number of hydrogen-bond acceptors (Lipinski definition) is 17. The molecule has 1 saturated carbocycles. The topological polar surface area (TPSA) is 245 Å². The quantitative estimate of drug-likeness (QED) is 0.0329. The summed E-state index contributed by atoms with van der Waals surface area (Å²) in [7, 11) is 0. The van der Waals surface area contributed by atoms with Crippen LogP contribution in [0.5, 0.6) is 5.75 Å². The fourth-order valence-corrected chi connectivity index (χ4v) is 12.3. The van der Waals surface area contributed by atoms with Crippen LogP contribution in [0.25, 0.3) is 21.2 Å². The lowest BCUT2D eigenvalue weighted by molar-refractivity contribution is -0.144. The van der Waals surface area contributed by atoms with Crippen molar-refractivity contribution >= 4 is 68.9 Å². The Morgan fingerprint density at radius 3 is 2.26 bits per heavy atom. The van der Waals surface area contributed by atoms with Gasteiger partial charge in [-0.05, 0) is 84.2 Å². The number of β-amino-alcohol motifs (C(OH)–C–C–N with tert-alkyl or cyclic N) is 1. The molecule has 4 amide bonds. The molecular formula is C66H82Cl2N10O11S. The van der Waals surface area contributed by atoms with Crippen LogP contribution in [0.1, 0.15) is 87.1 Å². The number of fused-ring (bicyclic) bond motifs is 1. The zero-order valence-corrected chi connectivity index (χ0v) is 54.0. The maximum atomic E-state index is 14.1. The third-order valence-electron chi connectivity index (χ3n) is 16.4. The molecule has 4 heterocycles. The molecule has 2 aliphatic heterocycles. The largest absolute Gasteiger partial charge is 0.491 e. The molecule has 3 aliphatic rings. The van der Waals surface area contributed by atoms with E-state index in [1.165, 1.54) is 27.0 Å². The number of aromatic nitrogens is 4. The first-order valence-electron chi connectivity index (χ1n) is 30.9. The van der Waals surface area contributed by atoms with Crippen LogP contribution in [-0.4, -0.2) is 180 Å². The molecule has 2 aromatic heterocycles. The molecule has 482 valence electrons. The molecule has 6 aromatic rings. The van der Waals surface area contributed by atoms with Crippen LogP contribution in [-0.2, 0) is 69.0 Å². The molecule has 21 nitrogen and oxygen atoms in total.